The molecule has 0 radical (unpaired) electrons. The Hall–Kier alpha value is -3.16. The molecule has 8 nitrogen and oxygen atoms in total. The summed E-state index contributed by atoms with van der Waals surface area (Å²) in [7, 11) is 0. The first-order valence-corrected chi connectivity index (χ1v) is 5.86. The Morgan fingerprint density at radius 2 is 1.81 bits per heavy atom. The van der Waals surface area contributed by atoms with E-state index in [1.807, 2.05) is 9.97 Å². The number of aliphatic imine (C=N–C) groups is 1. The summed E-state index contributed by atoms with van der Waals surface area (Å²) in [5, 5.41) is 18.5. The molecule has 0 aliphatic carbocycles. The first kappa shape index (κ1) is 14.3. The molecule has 1 aromatic heterocycles. The van der Waals surface area contributed by atoms with Crippen molar-refractivity contribution >= 4 is 12.1 Å². The molecule has 0 fully saturated rings. The maximum Gasteiger partial charge on any atom is 0.328 e. The zero-order valence-electron chi connectivity index (χ0n) is 10.7. The summed E-state index contributed by atoms with van der Waals surface area (Å²) in [4.78, 5) is 41.3. The molecule has 0 atom stereocenters. The lowest BCUT2D eigenvalue weighted by molar-refractivity contribution is -0.117. The normalized spacial score (nSPS) is 10.9. The van der Waals surface area contributed by atoms with Crippen LogP contribution in [0.15, 0.2) is 38.8 Å². The summed E-state index contributed by atoms with van der Waals surface area (Å²) in [6, 6.07) is 6.00. The van der Waals surface area contributed by atoms with Crippen molar-refractivity contribution < 1.29 is 15.0 Å². The van der Waals surface area contributed by atoms with Crippen LogP contribution in [-0.4, -0.2) is 32.3 Å². The van der Waals surface area contributed by atoms with Gasteiger partial charge in [-0.15, -0.1) is 0 Å². The van der Waals surface area contributed by atoms with E-state index in [4.69, 9.17) is 5.11 Å². The second kappa shape index (κ2) is 5.87. The van der Waals surface area contributed by atoms with E-state index in [0.717, 1.165) is 6.21 Å². The van der Waals surface area contributed by atoms with Gasteiger partial charge in [-0.3, -0.25) is 19.6 Å². The summed E-state index contributed by atoms with van der Waals surface area (Å²) in [5.41, 5.74) is -1.38. The Morgan fingerprint density at radius 1 is 1.14 bits per heavy atom. The molecule has 0 aliphatic rings. The summed E-state index contributed by atoms with van der Waals surface area (Å²) < 4.78 is 0. The van der Waals surface area contributed by atoms with Crippen LogP contribution < -0.4 is 11.2 Å². The van der Waals surface area contributed by atoms with E-state index >= 15 is 0 Å². The van der Waals surface area contributed by atoms with E-state index in [1.54, 1.807) is 12.1 Å². The monoisotopic (exact) mass is 289 g/mol. The minimum Gasteiger partial charge on any atom is -0.508 e. The number of benzene rings is 1. The van der Waals surface area contributed by atoms with Crippen LogP contribution in [0.5, 0.6) is 11.6 Å². The third-order valence-electron chi connectivity index (χ3n) is 2.59. The van der Waals surface area contributed by atoms with E-state index in [2.05, 4.69) is 4.99 Å². The van der Waals surface area contributed by atoms with E-state index in [0.29, 0.717) is 5.56 Å². The molecule has 2 aromatic rings. The number of aromatic nitrogens is 2. The molecule has 108 valence electrons. The molecule has 4 N–H and O–H groups in total. The van der Waals surface area contributed by atoms with Gasteiger partial charge in [0.2, 0.25) is 11.8 Å². The average Bonchev–Trinajstić information content (AvgIpc) is 2.40. The summed E-state index contributed by atoms with van der Waals surface area (Å²) >= 11 is 0. The van der Waals surface area contributed by atoms with Crippen molar-refractivity contribution in [3.8, 4) is 11.6 Å². The maximum atomic E-state index is 11.6. The molecule has 1 aromatic carbocycles. The first-order chi connectivity index (χ1) is 9.95. The van der Waals surface area contributed by atoms with Gasteiger partial charge >= 0.3 is 5.69 Å². The van der Waals surface area contributed by atoms with Crippen LogP contribution in [-0.2, 0) is 11.2 Å². The summed E-state index contributed by atoms with van der Waals surface area (Å²) in [6.07, 6.45) is 0.853. The number of carbonyl (C=O) groups is 1. The number of aromatic amines is 2. The third kappa shape index (κ3) is 3.66. The van der Waals surface area contributed by atoms with Gasteiger partial charge in [-0.05, 0) is 17.7 Å². The number of nitrogens with zero attached hydrogens (tertiary/aromatic N) is 1. The SMILES string of the molecule is O=C(Cc1ccc(O)cc1)N=Cc1c(O)[nH]c(=O)[nH]c1=O. The van der Waals surface area contributed by atoms with Gasteiger partial charge in [-0.1, -0.05) is 12.1 Å². The van der Waals surface area contributed by atoms with E-state index in [1.165, 1.54) is 12.1 Å². The topological polar surface area (TPSA) is 136 Å². The Morgan fingerprint density at radius 3 is 2.43 bits per heavy atom. The van der Waals surface area contributed by atoms with Crippen LogP contribution in [0.4, 0.5) is 0 Å². The molecular formula is C13H11N3O5. The molecule has 0 unspecified atom stereocenters. The van der Waals surface area contributed by atoms with Gasteiger partial charge in [0.25, 0.3) is 5.56 Å². The maximum absolute atomic E-state index is 11.6. The van der Waals surface area contributed by atoms with Crippen molar-refractivity contribution in [2.75, 3.05) is 0 Å². The zero-order chi connectivity index (χ0) is 15.4. The molecule has 1 heterocycles. The minimum absolute atomic E-state index is 0.0290. The molecule has 0 spiro atoms. The van der Waals surface area contributed by atoms with Gasteiger partial charge in [0.1, 0.15) is 11.3 Å². The smallest absolute Gasteiger partial charge is 0.328 e. The van der Waals surface area contributed by atoms with Crippen molar-refractivity contribution in [2.24, 2.45) is 4.99 Å². The lowest BCUT2D eigenvalue weighted by Gasteiger charge is -1.98. The predicted molar refractivity (Wildman–Crippen MR) is 73.8 cm³/mol. The molecule has 0 saturated carbocycles. The van der Waals surface area contributed by atoms with Gasteiger partial charge in [-0.2, -0.15) is 0 Å². The molecule has 0 aliphatic heterocycles. The number of phenolic OH excluding ortho intramolecular Hbond substituents is 1. The van der Waals surface area contributed by atoms with Crippen molar-refractivity contribution in [2.45, 2.75) is 6.42 Å². The highest BCUT2D eigenvalue weighted by molar-refractivity contribution is 5.93. The van der Waals surface area contributed by atoms with Crippen molar-refractivity contribution in [1.82, 2.24) is 9.97 Å². The number of nitrogens with one attached hydrogen (secondary N) is 2. The highest BCUT2D eigenvalue weighted by atomic mass is 16.3. The van der Waals surface area contributed by atoms with Gasteiger partial charge < -0.3 is 10.2 Å². The van der Waals surface area contributed by atoms with Crippen LogP contribution in [0, 0.1) is 0 Å². The Kier molecular flexibility index (Phi) is 3.98. The Balaban J connectivity index is 2.14. The van der Waals surface area contributed by atoms with Crippen LogP contribution in [0.3, 0.4) is 0 Å². The van der Waals surface area contributed by atoms with Crippen LogP contribution in [0.1, 0.15) is 11.1 Å². The Bertz CT molecular complexity index is 802. The number of amides is 1. The number of aromatic hydroxyl groups is 2. The van der Waals surface area contributed by atoms with E-state index < -0.39 is 23.0 Å². The fraction of sp³-hybridized carbons (Fsp3) is 0.0769. The Labute approximate surface area is 117 Å². The highest BCUT2D eigenvalue weighted by Crippen LogP contribution is 2.10. The van der Waals surface area contributed by atoms with Gasteiger partial charge in [-0.25, -0.2) is 9.79 Å². The van der Waals surface area contributed by atoms with E-state index in [9.17, 15) is 19.5 Å². The number of hydrogen-bond acceptors (Lipinski definition) is 5. The molecule has 0 saturated heterocycles. The zero-order valence-corrected chi connectivity index (χ0v) is 10.7. The van der Waals surface area contributed by atoms with Gasteiger partial charge in [0.05, 0.1) is 6.42 Å². The van der Waals surface area contributed by atoms with Crippen molar-refractivity contribution in [3.63, 3.8) is 0 Å². The second-order valence-corrected chi connectivity index (χ2v) is 4.17. The quantitative estimate of drug-likeness (QED) is 0.573. The number of carbonyl (C=O) groups excluding carboxylic acids is 1. The average molecular weight is 289 g/mol. The molecule has 8 heteroatoms. The van der Waals surface area contributed by atoms with Crippen molar-refractivity contribution in [3.05, 3.63) is 56.2 Å². The largest absolute Gasteiger partial charge is 0.508 e. The lowest BCUT2D eigenvalue weighted by Crippen LogP contribution is -2.25. The van der Waals surface area contributed by atoms with Gasteiger partial charge in [0.15, 0.2) is 0 Å². The van der Waals surface area contributed by atoms with Crippen LogP contribution in [0.25, 0.3) is 0 Å². The summed E-state index contributed by atoms with van der Waals surface area (Å²) in [6.45, 7) is 0. The predicted octanol–water partition coefficient (Wildman–Crippen LogP) is -0.337. The molecule has 21 heavy (non-hydrogen) atoms. The standard InChI is InChI=1S/C13H11N3O5/c17-8-3-1-7(2-4-8)5-10(18)14-6-9-11(19)15-13(21)16-12(9)20/h1-4,6,17H,5H2,(H3,15,16,19,20,21). The number of hydrogen-bond donors (Lipinski definition) is 4. The highest BCUT2D eigenvalue weighted by Gasteiger charge is 2.07. The van der Waals surface area contributed by atoms with Crippen LogP contribution in [0.2, 0.25) is 0 Å². The first-order valence-electron chi connectivity index (χ1n) is 5.86. The number of phenols is 1. The van der Waals surface area contributed by atoms with Gasteiger partial charge in [0, 0.05) is 6.21 Å². The summed E-state index contributed by atoms with van der Waals surface area (Å²) in [5.74, 6) is -1.13. The van der Waals surface area contributed by atoms with Crippen LogP contribution >= 0.6 is 0 Å². The molecule has 1 amide bonds. The third-order valence-corrected chi connectivity index (χ3v) is 2.59. The lowest BCUT2D eigenvalue weighted by atomic mass is 10.1. The second-order valence-electron chi connectivity index (χ2n) is 4.17. The molecule has 2 rings (SSSR count). The fourth-order valence-electron chi connectivity index (χ4n) is 1.57. The van der Waals surface area contributed by atoms with Crippen molar-refractivity contribution in [1.29, 1.82) is 0 Å². The number of H-pyrrole nitrogens is 2. The van der Waals surface area contributed by atoms with E-state index in [-0.39, 0.29) is 17.7 Å². The fourth-order valence-corrected chi connectivity index (χ4v) is 1.57. The minimum atomic E-state index is -0.856. The molecule has 0 bridgehead atoms. The molecular weight excluding hydrogens is 278 g/mol. The number of rotatable bonds is 3.